The van der Waals surface area contributed by atoms with Gasteiger partial charge in [-0.1, -0.05) is 13.8 Å². The zero-order valence-electron chi connectivity index (χ0n) is 15.2. The van der Waals surface area contributed by atoms with Gasteiger partial charge in [0.05, 0.1) is 6.61 Å². The third-order valence-electron chi connectivity index (χ3n) is 4.76. The van der Waals surface area contributed by atoms with Crippen LogP contribution in [0.3, 0.4) is 0 Å². The molecule has 2 fully saturated rings. The summed E-state index contributed by atoms with van der Waals surface area (Å²) in [6, 6.07) is 0.296. The summed E-state index contributed by atoms with van der Waals surface area (Å²) in [5, 5.41) is 3.31. The number of piperidine rings is 1. The van der Waals surface area contributed by atoms with E-state index in [0.717, 1.165) is 19.4 Å². The van der Waals surface area contributed by atoms with Crippen LogP contribution >= 0.6 is 24.0 Å². The Labute approximate surface area is 163 Å². The lowest BCUT2D eigenvalue weighted by Crippen LogP contribution is -2.48. The third-order valence-corrected chi connectivity index (χ3v) is 4.76. The van der Waals surface area contributed by atoms with E-state index in [1.165, 1.54) is 19.3 Å². The first-order valence-electron chi connectivity index (χ1n) is 8.92. The van der Waals surface area contributed by atoms with Crippen LogP contribution in [0.15, 0.2) is 4.99 Å². The number of nitrogens with one attached hydrogen (secondary N) is 1. The maximum atomic E-state index is 11.7. The SMILES string of the molecule is CCOC(=O)N1CCC(NC(N)=NCC2(CC(C)C)CC2)CC1.I. The lowest BCUT2D eigenvalue weighted by molar-refractivity contribution is 0.0963. The lowest BCUT2D eigenvalue weighted by atomic mass is 9.94. The van der Waals surface area contributed by atoms with Crippen molar-refractivity contribution in [1.82, 2.24) is 10.2 Å². The molecule has 3 N–H and O–H groups in total. The van der Waals surface area contributed by atoms with Gasteiger partial charge in [0.2, 0.25) is 0 Å². The van der Waals surface area contributed by atoms with Gasteiger partial charge in [-0.25, -0.2) is 4.79 Å². The van der Waals surface area contributed by atoms with Gasteiger partial charge in [-0.05, 0) is 50.4 Å². The second-order valence-electron chi connectivity index (χ2n) is 7.40. The molecular weight excluding hydrogens is 419 g/mol. The van der Waals surface area contributed by atoms with Crippen LogP contribution in [0.1, 0.15) is 52.9 Å². The van der Waals surface area contributed by atoms with Gasteiger partial charge in [-0.3, -0.25) is 4.99 Å². The number of aliphatic imine (C=N–C) groups is 1. The zero-order chi connectivity index (χ0) is 16.9. The maximum Gasteiger partial charge on any atom is 0.409 e. The van der Waals surface area contributed by atoms with Crippen molar-refractivity contribution >= 4 is 36.0 Å². The van der Waals surface area contributed by atoms with Gasteiger partial charge in [0.15, 0.2) is 5.96 Å². The van der Waals surface area contributed by atoms with Gasteiger partial charge in [0, 0.05) is 25.7 Å². The molecule has 0 atom stereocenters. The molecule has 24 heavy (non-hydrogen) atoms. The zero-order valence-corrected chi connectivity index (χ0v) is 17.5. The smallest absolute Gasteiger partial charge is 0.409 e. The van der Waals surface area contributed by atoms with Gasteiger partial charge < -0.3 is 20.7 Å². The maximum absolute atomic E-state index is 11.7. The number of nitrogens with two attached hydrogens (primary N) is 1. The van der Waals surface area contributed by atoms with E-state index in [2.05, 4.69) is 24.2 Å². The molecule has 0 unspecified atom stereocenters. The van der Waals surface area contributed by atoms with Gasteiger partial charge in [-0.15, -0.1) is 24.0 Å². The average Bonchev–Trinajstić information content (AvgIpc) is 3.25. The second kappa shape index (κ2) is 9.68. The molecule has 0 aromatic rings. The Morgan fingerprint density at radius 2 is 2.00 bits per heavy atom. The van der Waals surface area contributed by atoms with Gasteiger partial charge in [0.25, 0.3) is 0 Å². The van der Waals surface area contributed by atoms with Crippen molar-refractivity contribution in [3.05, 3.63) is 0 Å². The Morgan fingerprint density at radius 1 is 1.38 bits per heavy atom. The topological polar surface area (TPSA) is 80.0 Å². The number of hydrogen-bond acceptors (Lipinski definition) is 3. The van der Waals surface area contributed by atoms with Crippen molar-refractivity contribution in [2.45, 2.75) is 58.9 Å². The number of nitrogens with zero attached hydrogens (tertiary/aromatic N) is 2. The molecule has 0 bridgehead atoms. The number of halogens is 1. The van der Waals surface area contributed by atoms with Crippen molar-refractivity contribution in [2.24, 2.45) is 22.1 Å². The number of carbonyl (C=O) groups excluding carboxylic acids is 1. The standard InChI is InChI=1S/C17H32N4O2.HI/c1-4-23-16(22)21-9-5-14(6-10-21)20-15(18)19-12-17(7-8-17)11-13(2)3;/h13-14H,4-12H2,1-3H3,(H3,18,19,20);1H. The minimum Gasteiger partial charge on any atom is -0.450 e. The van der Waals surface area contributed by atoms with E-state index >= 15 is 0 Å². The normalized spacial score (nSPS) is 20.5. The fraction of sp³-hybridized carbons (Fsp3) is 0.882. The molecule has 0 aromatic carbocycles. The highest BCUT2D eigenvalue weighted by Gasteiger charge is 2.42. The monoisotopic (exact) mass is 452 g/mol. The Bertz CT molecular complexity index is 430. The first kappa shape index (κ1) is 21.3. The molecular formula is C17H33IN4O2. The van der Waals surface area contributed by atoms with E-state index in [4.69, 9.17) is 10.5 Å². The molecule has 0 spiro atoms. The average molecular weight is 452 g/mol. The minimum atomic E-state index is -0.211. The quantitative estimate of drug-likeness (QED) is 0.369. The van der Waals surface area contributed by atoms with Crippen molar-refractivity contribution in [1.29, 1.82) is 0 Å². The molecule has 1 aliphatic heterocycles. The summed E-state index contributed by atoms with van der Waals surface area (Å²) in [7, 11) is 0. The number of likely N-dealkylation sites (tertiary alicyclic amines) is 1. The molecule has 2 rings (SSSR count). The number of amides is 1. The predicted octanol–water partition coefficient (Wildman–Crippen LogP) is 2.96. The summed E-state index contributed by atoms with van der Waals surface area (Å²) in [5.41, 5.74) is 6.46. The Morgan fingerprint density at radius 3 is 2.50 bits per heavy atom. The second-order valence-corrected chi connectivity index (χ2v) is 7.40. The number of ether oxygens (including phenoxy) is 1. The van der Waals surface area contributed by atoms with Crippen molar-refractivity contribution in [2.75, 3.05) is 26.2 Å². The predicted molar refractivity (Wildman–Crippen MR) is 108 cm³/mol. The van der Waals surface area contributed by atoms with Crippen molar-refractivity contribution in [3.8, 4) is 0 Å². The third kappa shape index (κ3) is 6.64. The van der Waals surface area contributed by atoms with Gasteiger partial charge >= 0.3 is 6.09 Å². The lowest BCUT2D eigenvalue weighted by Gasteiger charge is -2.31. The first-order chi connectivity index (χ1) is 10.9. The van der Waals surface area contributed by atoms with Crippen LogP contribution in [-0.4, -0.2) is 49.2 Å². The molecule has 1 heterocycles. The fourth-order valence-electron chi connectivity index (χ4n) is 3.40. The highest BCUT2D eigenvalue weighted by atomic mass is 127. The molecule has 0 aromatic heterocycles. The Hall–Kier alpha value is -0.730. The van der Waals surface area contributed by atoms with E-state index < -0.39 is 0 Å². The molecule has 1 saturated carbocycles. The summed E-state index contributed by atoms with van der Waals surface area (Å²) in [6.07, 6.45) is 5.34. The van der Waals surface area contributed by atoms with Crippen molar-refractivity contribution < 1.29 is 9.53 Å². The van der Waals surface area contributed by atoms with E-state index in [9.17, 15) is 4.79 Å². The fourth-order valence-corrected chi connectivity index (χ4v) is 3.40. The molecule has 140 valence electrons. The highest BCUT2D eigenvalue weighted by Crippen LogP contribution is 2.50. The number of carbonyl (C=O) groups is 1. The Kier molecular flexibility index (Phi) is 8.59. The molecule has 1 amide bonds. The summed E-state index contributed by atoms with van der Waals surface area (Å²) < 4.78 is 5.03. The van der Waals surface area contributed by atoms with E-state index in [0.29, 0.717) is 43.0 Å². The van der Waals surface area contributed by atoms with Gasteiger partial charge in [0.1, 0.15) is 0 Å². The summed E-state index contributed by atoms with van der Waals surface area (Å²) in [4.78, 5) is 18.0. The van der Waals surface area contributed by atoms with Crippen LogP contribution in [0.25, 0.3) is 0 Å². The highest BCUT2D eigenvalue weighted by molar-refractivity contribution is 14.0. The summed E-state index contributed by atoms with van der Waals surface area (Å²) in [5.74, 6) is 1.27. The van der Waals surface area contributed by atoms with Crippen LogP contribution in [0.5, 0.6) is 0 Å². The van der Waals surface area contributed by atoms with Crippen LogP contribution < -0.4 is 11.1 Å². The van der Waals surface area contributed by atoms with Gasteiger partial charge in [-0.2, -0.15) is 0 Å². The van der Waals surface area contributed by atoms with Crippen molar-refractivity contribution in [3.63, 3.8) is 0 Å². The van der Waals surface area contributed by atoms with E-state index in [1.54, 1.807) is 4.90 Å². The molecule has 1 aliphatic carbocycles. The summed E-state index contributed by atoms with van der Waals surface area (Å²) >= 11 is 0. The van der Waals surface area contributed by atoms with Crippen LogP contribution in [0.2, 0.25) is 0 Å². The molecule has 6 nitrogen and oxygen atoms in total. The van der Waals surface area contributed by atoms with Crippen LogP contribution in [0, 0.1) is 11.3 Å². The molecule has 1 saturated heterocycles. The largest absolute Gasteiger partial charge is 0.450 e. The Balaban J connectivity index is 0.00000288. The van der Waals surface area contributed by atoms with Crippen LogP contribution in [0.4, 0.5) is 4.79 Å². The molecule has 7 heteroatoms. The number of guanidine groups is 1. The number of hydrogen-bond donors (Lipinski definition) is 2. The minimum absolute atomic E-state index is 0. The first-order valence-corrected chi connectivity index (χ1v) is 8.92. The summed E-state index contributed by atoms with van der Waals surface area (Å²) in [6.45, 7) is 9.04. The van der Waals surface area contributed by atoms with E-state index in [1.807, 2.05) is 6.92 Å². The number of rotatable bonds is 6. The van der Waals surface area contributed by atoms with E-state index in [-0.39, 0.29) is 30.1 Å². The van der Waals surface area contributed by atoms with Crippen LogP contribution in [-0.2, 0) is 4.74 Å². The molecule has 0 radical (unpaired) electrons. The molecule has 2 aliphatic rings.